The van der Waals surface area contributed by atoms with E-state index in [-0.39, 0.29) is 17.9 Å². The minimum atomic E-state index is 0.0387. The van der Waals surface area contributed by atoms with Crippen molar-refractivity contribution < 1.29 is 9.59 Å². The van der Waals surface area contributed by atoms with Gasteiger partial charge < -0.3 is 10.2 Å². The van der Waals surface area contributed by atoms with E-state index in [0.29, 0.717) is 5.91 Å². The summed E-state index contributed by atoms with van der Waals surface area (Å²) < 4.78 is 0. The first-order valence-corrected chi connectivity index (χ1v) is 10.4. The molecule has 4 nitrogen and oxygen atoms in total. The Morgan fingerprint density at radius 1 is 0.885 bits per heavy atom. The van der Waals surface area contributed by atoms with Gasteiger partial charge in [-0.2, -0.15) is 0 Å². The van der Waals surface area contributed by atoms with Crippen LogP contribution in [0.1, 0.15) is 72.9 Å². The van der Waals surface area contributed by atoms with Crippen LogP contribution in [0.25, 0.3) is 0 Å². The molecular weight excluding hydrogens is 324 g/mol. The van der Waals surface area contributed by atoms with Crippen molar-refractivity contribution in [3.05, 3.63) is 34.9 Å². The van der Waals surface area contributed by atoms with Gasteiger partial charge in [0.25, 0.3) is 5.91 Å². The molecule has 1 aliphatic heterocycles. The number of amides is 2. The van der Waals surface area contributed by atoms with Gasteiger partial charge in [0.2, 0.25) is 5.91 Å². The number of carbonyl (C=O) groups excluding carboxylic acids is 2. The second kappa shape index (κ2) is 7.81. The van der Waals surface area contributed by atoms with Gasteiger partial charge in [-0.25, -0.2) is 0 Å². The summed E-state index contributed by atoms with van der Waals surface area (Å²) in [7, 11) is 0. The van der Waals surface area contributed by atoms with Crippen molar-refractivity contribution in [2.75, 3.05) is 13.1 Å². The number of hydrogen-bond acceptors (Lipinski definition) is 2. The van der Waals surface area contributed by atoms with Crippen LogP contribution in [0.5, 0.6) is 0 Å². The highest BCUT2D eigenvalue weighted by Gasteiger charge is 2.29. The summed E-state index contributed by atoms with van der Waals surface area (Å²) >= 11 is 0. The summed E-state index contributed by atoms with van der Waals surface area (Å²) in [5, 5.41) is 3.19. The molecule has 1 aromatic carbocycles. The van der Waals surface area contributed by atoms with Crippen LogP contribution in [-0.2, 0) is 17.6 Å². The summed E-state index contributed by atoms with van der Waals surface area (Å²) in [6, 6.07) is 6.33. The van der Waals surface area contributed by atoms with Crippen molar-refractivity contribution in [1.29, 1.82) is 0 Å². The fourth-order valence-electron chi connectivity index (χ4n) is 4.83. The molecule has 4 rings (SSSR count). The number of aryl methyl sites for hydroxylation is 2. The number of nitrogens with zero attached hydrogens (tertiary/aromatic N) is 1. The van der Waals surface area contributed by atoms with E-state index in [1.54, 1.807) is 0 Å². The number of piperidine rings is 1. The third-order valence-electron chi connectivity index (χ3n) is 6.46. The van der Waals surface area contributed by atoms with Crippen LogP contribution >= 0.6 is 0 Å². The first kappa shape index (κ1) is 17.6. The van der Waals surface area contributed by atoms with E-state index in [9.17, 15) is 9.59 Å². The number of likely N-dealkylation sites (tertiary alicyclic amines) is 1. The molecule has 3 aliphatic rings. The molecule has 1 saturated heterocycles. The Balaban J connectivity index is 1.28. The smallest absolute Gasteiger partial charge is 0.251 e. The molecule has 1 N–H and O–H groups in total. The summed E-state index contributed by atoms with van der Waals surface area (Å²) in [6.45, 7) is 1.56. The van der Waals surface area contributed by atoms with Gasteiger partial charge in [0.05, 0.1) is 0 Å². The van der Waals surface area contributed by atoms with Crippen LogP contribution < -0.4 is 5.32 Å². The predicted molar refractivity (Wildman–Crippen MR) is 102 cm³/mol. The van der Waals surface area contributed by atoms with Gasteiger partial charge in [-0.1, -0.05) is 25.3 Å². The zero-order chi connectivity index (χ0) is 17.9. The second-order valence-corrected chi connectivity index (χ2v) is 8.24. The Labute approximate surface area is 156 Å². The maximum atomic E-state index is 12.7. The zero-order valence-electron chi connectivity index (χ0n) is 15.6. The van der Waals surface area contributed by atoms with Gasteiger partial charge in [0.15, 0.2) is 0 Å². The van der Waals surface area contributed by atoms with Crippen LogP contribution in [0.3, 0.4) is 0 Å². The molecule has 0 radical (unpaired) electrons. The fraction of sp³-hybridized carbons (Fsp3) is 0.636. The van der Waals surface area contributed by atoms with E-state index < -0.39 is 0 Å². The molecule has 0 aromatic heterocycles. The Morgan fingerprint density at radius 3 is 2.38 bits per heavy atom. The maximum Gasteiger partial charge on any atom is 0.251 e. The third-order valence-corrected chi connectivity index (χ3v) is 6.46. The molecule has 140 valence electrons. The van der Waals surface area contributed by atoms with Crippen LogP contribution in [0.15, 0.2) is 18.2 Å². The first-order valence-electron chi connectivity index (χ1n) is 10.4. The second-order valence-electron chi connectivity index (χ2n) is 8.24. The molecular formula is C22H30N2O2. The molecule has 4 heteroatoms. The highest BCUT2D eigenvalue weighted by Crippen LogP contribution is 2.27. The standard InChI is InChI=1S/C22H30N2O2/c25-21(19-10-9-16-7-4-8-18(16)15-19)23-20-11-13-24(14-12-20)22(26)17-5-2-1-3-6-17/h9-10,15,17,20H,1-8,11-14H2,(H,23,25). The predicted octanol–water partition coefficient (Wildman–Crippen LogP) is 3.48. The van der Waals surface area contributed by atoms with E-state index >= 15 is 0 Å². The molecule has 1 heterocycles. The molecule has 2 fully saturated rings. The Morgan fingerprint density at radius 2 is 1.62 bits per heavy atom. The van der Waals surface area contributed by atoms with Crippen molar-refractivity contribution in [3.63, 3.8) is 0 Å². The zero-order valence-corrected chi connectivity index (χ0v) is 15.6. The van der Waals surface area contributed by atoms with Gasteiger partial charge in [-0.15, -0.1) is 0 Å². The van der Waals surface area contributed by atoms with Crippen LogP contribution in [0.2, 0.25) is 0 Å². The lowest BCUT2D eigenvalue weighted by Crippen LogP contribution is -2.48. The number of fused-ring (bicyclic) bond motifs is 1. The van der Waals surface area contributed by atoms with E-state index in [4.69, 9.17) is 0 Å². The van der Waals surface area contributed by atoms with E-state index in [2.05, 4.69) is 17.4 Å². The molecule has 26 heavy (non-hydrogen) atoms. The number of nitrogens with one attached hydrogen (secondary N) is 1. The van der Waals surface area contributed by atoms with Gasteiger partial charge in [-0.3, -0.25) is 9.59 Å². The lowest BCUT2D eigenvalue weighted by molar-refractivity contribution is -0.137. The summed E-state index contributed by atoms with van der Waals surface area (Å²) in [5.74, 6) is 0.645. The van der Waals surface area contributed by atoms with Gasteiger partial charge >= 0.3 is 0 Å². The van der Waals surface area contributed by atoms with Crippen molar-refractivity contribution in [2.45, 2.75) is 70.3 Å². The third kappa shape index (κ3) is 3.79. The van der Waals surface area contributed by atoms with Crippen molar-refractivity contribution >= 4 is 11.8 Å². The molecule has 0 atom stereocenters. The molecule has 1 saturated carbocycles. The minimum Gasteiger partial charge on any atom is -0.349 e. The average molecular weight is 354 g/mol. The number of benzene rings is 1. The highest BCUT2D eigenvalue weighted by atomic mass is 16.2. The van der Waals surface area contributed by atoms with Crippen molar-refractivity contribution in [3.8, 4) is 0 Å². The maximum absolute atomic E-state index is 12.7. The van der Waals surface area contributed by atoms with Gasteiger partial charge in [-0.05, 0) is 68.2 Å². The van der Waals surface area contributed by atoms with Crippen molar-refractivity contribution in [2.24, 2.45) is 5.92 Å². The van der Waals surface area contributed by atoms with E-state index in [0.717, 1.165) is 57.2 Å². The molecule has 0 bridgehead atoms. The van der Waals surface area contributed by atoms with E-state index in [1.165, 1.54) is 36.8 Å². The minimum absolute atomic E-state index is 0.0387. The van der Waals surface area contributed by atoms with Crippen LogP contribution in [-0.4, -0.2) is 35.8 Å². The number of rotatable bonds is 3. The monoisotopic (exact) mass is 354 g/mol. The lowest BCUT2D eigenvalue weighted by atomic mass is 9.87. The topological polar surface area (TPSA) is 49.4 Å². The summed E-state index contributed by atoms with van der Waals surface area (Å²) in [5.41, 5.74) is 3.52. The molecule has 0 unspecified atom stereocenters. The summed E-state index contributed by atoms with van der Waals surface area (Å²) in [4.78, 5) is 27.3. The Kier molecular flexibility index (Phi) is 5.28. The van der Waals surface area contributed by atoms with Gasteiger partial charge in [0.1, 0.15) is 0 Å². The van der Waals surface area contributed by atoms with Crippen molar-refractivity contribution in [1.82, 2.24) is 10.2 Å². The van der Waals surface area contributed by atoms with Crippen LogP contribution in [0, 0.1) is 5.92 Å². The number of carbonyl (C=O) groups is 2. The Hall–Kier alpha value is -1.84. The molecule has 2 amide bonds. The van der Waals surface area contributed by atoms with E-state index in [1.807, 2.05) is 11.0 Å². The molecule has 0 spiro atoms. The fourth-order valence-corrected chi connectivity index (χ4v) is 4.83. The van der Waals surface area contributed by atoms with Crippen LogP contribution in [0.4, 0.5) is 0 Å². The normalized spacial score (nSPS) is 21.5. The average Bonchev–Trinajstić information content (AvgIpc) is 3.16. The summed E-state index contributed by atoms with van der Waals surface area (Å²) in [6.07, 6.45) is 11.0. The first-order chi connectivity index (χ1) is 12.7. The molecule has 1 aromatic rings. The quantitative estimate of drug-likeness (QED) is 0.903. The lowest BCUT2D eigenvalue weighted by Gasteiger charge is -2.35. The Bertz CT molecular complexity index is 671. The largest absolute Gasteiger partial charge is 0.349 e. The highest BCUT2D eigenvalue weighted by molar-refractivity contribution is 5.94. The molecule has 2 aliphatic carbocycles. The SMILES string of the molecule is O=C(NC1CCN(C(=O)C2CCCCC2)CC1)c1ccc2c(c1)CCC2. The number of hydrogen-bond donors (Lipinski definition) is 1. The van der Waals surface area contributed by atoms with Gasteiger partial charge in [0, 0.05) is 30.6 Å².